The monoisotopic (exact) mass is 423 g/mol. The molecule has 0 bridgehead atoms. The van der Waals surface area contributed by atoms with Crippen LogP contribution in [0.4, 0.5) is 11.4 Å². The molecule has 2 aromatic rings. The van der Waals surface area contributed by atoms with Crippen LogP contribution in [0.5, 0.6) is 0 Å². The minimum Gasteiger partial charge on any atom is -0.354 e. The second-order valence-corrected chi connectivity index (χ2v) is 11.0. The summed E-state index contributed by atoms with van der Waals surface area (Å²) < 4.78 is 0. The van der Waals surface area contributed by atoms with Gasteiger partial charge in [-0.2, -0.15) is 0 Å². The number of aryl methyl sites for hydroxylation is 2. The number of hydrogen-bond donors (Lipinski definition) is 1. The summed E-state index contributed by atoms with van der Waals surface area (Å²) in [6.07, 6.45) is 13.2. The van der Waals surface area contributed by atoms with Gasteiger partial charge in [-0.25, -0.2) is 0 Å². The smallest absolute Gasteiger partial charge is 0.0526 e. The number of fused-ring (bicyclic) bond motifs is 2. The van der Waals surface area contributed by atoms with Crippen molar-refractivity contribution in [3.8, 4) is 0 Å². The number of hydrogen-bond acceptors (Lipinski definition) is 2. The van der Waals surface area contributed by atoms with Crippen LogP contribution >= 0.6 is 11.8 Å². The summed E-state index contributed by atoms with van der Waals surface area (Å²) >= 11 is 1.94. The summed E-state index contributed by atoms with van der Waals surface area (Å²) in [6.45, 7) is 9.29. The molecule has 3 rings (SSSR count). The van der Waals surface area contributed by atoms with Gasteiger partial charge >= 0.3 is 0 Å². The highest BCUT2D eigenvalue weighted by molar-refractivity contribution is 7.99. The van der Waals surface area contributed by atoms with Gasteiger partial charge in [-0.15, -0.1) is 0 Å². The maximum absolute atomic E-state index is 3.65. The molecule has 30 heavy (non-hydrogen) atoms. The van der Waals surface area contributed by atoms with Crippen LogP contribution < -0.4 is 5.32 Å². The summed E-state index contributed by atoms with van der Waals surface area (Å²) in [5, 5.41) is 3.65. The van der Waals surface area contributed by atoms with Crippen LogP contribution in [0.15, 0.2) is 46.2 Å². The molecule has 0 spiro atoms. The lowest BCUT2D eigenvalue weighted by molar-refractivity contribution is 0.527. The van der Waals surface area contributed by atoms with Crippen molar-refractivity contribution in [3.63, 3.8) is 0 Å². The van der Waals surface area contributed by atoms with Crippen molar-refractivity contribution in [2.45, 2.75) is 102 Å². The Balaban J connectivity index is 1.52. The molecule has 1 nitrogen and oxygen atoms in total. The largest absolute Gasteiger partial charge is 0.354 e. The Morgan fingerprint density at radius 2 is 1.10 bits per heavy atom. The average molecular weight is 424 g/mol. The number of anilines is 2. The lowest BCUT2D eigenvalue weighted by Crippen LogP contribution is -2.01. The zero-order valence-corrected chi connectivity index (χ0v) is 20.4. The van der Waals surface area contributed by atoms with Crippen molar-refractivity contribution in [1.82, 2.24) is 0 Å². The van der Waals surface area contributed by atoms with E-state index in [0.717, 1.165) is 11.8 Å². The molecular formula is C28H41NS. The molecule has 0 atom stereocenters. The van der Waals surface area contributed by atoms with Crippen LogP contribution in [-0.2, 0) is 12.8 Å². The van der Waals surface area contributed by atoms with Gasteiger partial charge in [-0.05, 0) is 72.9 Å². The second-order valence-electron chi connectivity index (χ2n) is 9.87. The summed E-state index contributed by atoms with van der Waals surface area (Å²) in [6, 6.07) is 14.0. The minimum atomic E-state index is 0.834. The SMILES string of the molecule is CC(C)CCCCCc1ccc2c(c1)Sc1cc(CCCCCC(C)C)ccc1N2. The fraction of sp³-hybridized carbons (Fsp3) is 0.571. The van der Waals surface area contributed by atoms with Crippen molar-refractivity contribution in [3.05, 3.63) is 47.5 Å². The van der Waals surface area contributed by atoms with Gasteiger partial charge in [-0.1, -0.05) is 90.1 Å². The van der Waals surface area contributed by atoms with Crippen molar-refractivity contribution < 1.29 is 0 Å². The molecule has 0 saturated carbocycles. The molecule has 0 radical (unpaired) electrons. The molecule has 2 heteroatoms. The zero-order chi connectivity index (χ0) is 21.3. The third-order valence-corrected chi connectivity index (χ3v) is 7.19. The first kappa shape index (κ1) is 23.3. The first-order valence-corrected chi connectivity index (χ1v) is 13.0. The summed E-state index contributed by atoms with van der Waals surface area (Å²) in [7, 11) is 0. The molecule has 0 saturated heterocycles. The lowest BCUT2D eigenvalue weighted by atomic mass is 10.0. The molecule has 1 aliphatic heterocycles. The van der Waals surface area contributed by atoms with Gasteiger partial charge in [0.15, 0.2) is 0 Å². The quantitative estimate of drug-likeness (QED) is 0.291. The molecule has 0 fully saturated rings. The predicted octanol–water partition coefficient (Wildman–Crippen LogP) is 9.41. The van der Waals surface area contributed by atoms with Gasteiger partial charge < -0.3 is 5.32 Å². The van der Waals surface area contributed by atoms with E-state index in [4.69, 9.17) is 0 Å². The van der Waals surface area contributed by atoms with Gasteiger partial charge in [0.05, 0.1) is 11.4 Å². The molecule has 0 aromatic heterocycles. The summed E-state index contributed by atoms with van der Waals surface area (Å²) in [4.78, 5) is 2.77. The number of unbranched alkanes of at least 4 members (excludes halogenated alkanes) is 4. The molecule has 2 aromatic carbocycles. The van der Waals surface area contributed by atoms with Crippen LogP contribution in [-0.4, -0.2) is 0 Å². The Kier molecular flexibility index (Phi) is 9.18. The van der Waals surface area contributed by atoms with Crippen molar-refractivity contribution in [1.29, 1.82) is 0 Å². The van der Waals surface area contributed by atoms with Crippen LogP contribution in [0.25, 0.3) is 0 Å². The van der Waals surface area contributed by atoms with E-state index in [9.17, 15) is 0 Å². The van der Waals surface area contributed by atoms with Crippen LogP contribution in [0.2, 0.25) is 0 Å². The standard InChI is InChI=1S/C28H41NS/c1-21(2)11-7-5-9-13-23-15-17-25-27(19-23)30-28-20-24(16-18-26(28)29-25)14-10-6-8-12-22(3)4/h15-22,29H,5-14H2,1-4H3. The van der Waals surface area contributed by atoms with Gasteiger partial charge in [0, 0.05) is 9.79 Å². The van der Waals surface area contributed by atoms with E-state index in [2.05, 4.69) is 69.4 Å². The van der Waals surface area contributed by atoms with Crippen molar-refractivity contribution in [2.24, 2.45) is 11.8 Å². The number of benzene rings is 2. The summed E-state index contributed by atoms with van der Waals surface area (Å²) in [5.74, 6) is 1.67. The number of rotatable bonds is 12. The molecule has 0 unspecified atom stereocenters. The second kappa shape index (κ2) is 11.8. The zero-order valence-electron chi connectivity index (χ0n) is 19.6. The van der Waals surface area contributed by atoms with E-state index >= 15 is 0 Å². The van der Waals surface area contributed by atoms with Crippen LogP contribution in [0.3, 0.4) is 0 Å². The Hall–Kier alpha value is -1.41. The van der Waals surface area contributed by atoms with Crippen molar-refractivity contribution >= 4 is 23.1 Å². The minimum absolute atomic E-state index is 0.834. The van der Waals surface area contributed by atoms with E-state index in [1.165, 1.54) is 96.5 Å². The maximum atomic E-state index is 3.65. The summed E-state index contributed by atoms with van der Waals surface area (Å²) in [5.41, 5.74) is 5.49. The van der Waals surface area contributed by atoms with Crippen molar-refractivity contribution in [2.75, 3.05) is 5.32 Å². The van der Waals surface area contributed by atoms with Crippen LogP contribution in [0, 0.1) is 11.8 Å². The van der Waals surface area contributed by atoms with Crippen LogP contribution in [0.1, 0.15) is 90.2 Å². The Morgan fingerprint density at radius 1 is 0.633 bits per heavy atom. The fourth-order valence-electron chi connectivity index (χ4n) is 4.20. The van der Waals surface area contributed by atoms with Gasteiger partial charge in [-0.3, -0.25) is 0 Å². The molecule has 0 aliphatic carbocycles. The molecular weight excluding hydrogens is 382 g/mol. The van der Waals surface area contributed by atoms with E-state index < -0.39 is 0 Å². The first-order chi connectivity index (χ1) is 14.5. The average Bonchev–Trinajstić information content (AvgIpc) is 2.71. The first-order valence-electron chi connectivity index (χ1n) is 12.2. The van der Waals surface area contributed by atoms with Gasteiger partial charge in [0.1, 0.15) is 0 Å². The molecule has 1 aliphatic rings. The lowest BCUT2D eigenvalue weighted by Gasteiger charge is -2.22. The highest BCUT2D eigenvalue weighted by atomic mass is 32.2. The Labute approximate surface area is 189 Å². The number of nitrogens with one attached hydrogen (secondary N) is 1. The van der Waals surface area contributed by atoms with Gasteiger partial charge in [0.2, 0.25) is 0 Å². The molecule has 1 N–H and O–H groups in total. The molecule has 164 valence electrons. The highest BCUT2D eigenvalue weighted by Crippen LogP contribution is 2.45. The molecule has 0 amide bonds. The third-order valence-electron chi connectivity index (χ3n) is 6.08. The fourth-order valence-corrected chi connectivity index (χ4v) is 5.32. The van der Waals surface area contributed by atoms with E-state index in [0.29, 0.717) is 0 Å². The molecule has 1 heterocycles. The topological polar surface area (TPSA) is 12.0 Å². The van der Waals surface area contributed by atoms with Gasteiger partial charge in [0.25, 0.3) is 0 Å². The van der Waals surface area contributed by atoms with E-state index in [1.807, 2.05) is 11.8 Å². The maximum Gasteiger partial charge on any atom is 0.0526 e. The van der Waals surface area contributed by atoms with E-state index in [1.54, 1.807) is 0 Å². The van der Waals surface area contributed by atoms with E-state index in [-0.39, 0.29) is 0 Å². The Morgan fingerprint density at radius 3 is 1.53 bits per heavy atom. The predicted molar refractivity (Wildman–Crippen MR) is 134 cm³/mol. The third kappa shape index (κ3) is 7.38. The highest BCUT2D eigenvalue weighted by Gasteiger charge is 2.16. The Bertz CT molecular complexity index is 728. The normalized spacial score (nSPS) is 12.7.